The average molecular weight is 326 g/mol. The second-order valence-electron chi connectivity index (χ2n) is 6.30. The van der Waals surface area contributed by atoms with Gasteiger partial charge in [0, 0.05) is 28.3 Å². The molecule has 21 heavy (non-hydrogen) atoms. The van der Waals surface area contributed by atoms with E-state index in [1.165, 1.54) is 37.0 Å². The molecule has 2 unspecified atom stereocenters. The lowest BCUT2D eigenvalue weighted by Gasteiger charge is -2.48. The van der Waals surface area contributed by atoms with Gasteiger partial charge in [0.05, 0.1) is 5.60 Å². The number of benzene rings is 1. The third-order valence-electron chi connectivity index (χ3n) is 4.98. The van der Waals surface area contributed by atoms with Crippen LogP contribution in [0.25, 0.3) is 0 Å². The molecule has 4 heteroatoms. The van der Waals surface area contributed by atoms with Crippen LogP contribution >= 0.6 is 23.4 Å². The highest BCUT2D eigenvalue weighted by atomic mass is 35.5. The quantitative estimate of drug-likeness (QED) is 0.812. The lowest BCUT2D eigenvalue weighted by molar-refractivity contribution is -0.146. The van der Waals surface area contributed by atoms with Crippen molar-refractivity contribution < 1.29 is 4.74 Å². The minimum absolute atomic E-state index is 0.239. The smallest absolute Gasteiger partial charge is 0.0685 e. The molecule has 0 bridgehead atoms. The first-order valence-corrected chi connectivity index (χ1v) is 9.27. The summed E-state index contributed by atoms with van der Waals surface area (Å²) in [6.45, 7) is 0.939. The summed E-state index contributed by atoms with van der Waals surface area (Å²) in [5.41, 5.74) is 0.239. The van der Waals surface area contributed by atoms with Crippen molar-refractivity contribution in [3.63, 3.8) is 0 Å². The van der Waals surface area contributed by atoms with Crippen molar-refractivity contribution in [1.29, 1.82) is 0 Å². The highest BCUT2D eigenvalue weighted by Crippen LogP contribution is 2.45. The van der Waals surface area contributed by atoms with Crippen molar-refractivity contribution in [3.05, 3.63) is 29.3 Å². The molecule has 0 aromatic heterocycles. The highest BCUT2D eigenvalue weighted by molar-refractivity contribution is 7.99. The standard InChI is InChI=1S/C17H24ClNOS/c1-19-16(12-21-15-5-3-14(18)4-6-15)13-7-10-20-17(11-13)8-2-9-17/h3-6,13,16,19H,2,7-12H2,1H3. The van der Waals surface area contributed by atoms with Crippen LogP contribution in [0.15, 0.2) is 29.2 Å². The van der Waals surface area contributed by atoms with Crippen molar-refractivity contribution in [2.24, 2.45) is 5.92 Å². The Bertz CT molecular complexity index is 460. The normalized spacial score (nSPS) is 25.5. The summed E-state index contributed by atoms with van der Waals surface area (Å²) >= 11 is 7.86. The molecule has 0 radical (unpaired) electrons. The van der Waals surface area contributed by atoms with Crippen molar-refractivity contribution in [2.75, 3.05) is 19.4 Å². The molecular weight excluding hydrogens is 302 g/mol. The summed E-state index contributed by atoms with van der Waals surface area (Å²) in [6, 6.07) is 8.72. The van der Waals surface area contributed by atoms with Crippen LogP contribution in [0, 0.1) is 5.92 Å². The van der Waals surface area contributed by atoms with E-state index in [1.54, 1.807) is 0 Å². The Balaban J connectivity index is 1.55. The number of nitrogens with one attached hydrogen (secondary N) is 1. The highest BCUT2D eigenvalue weighted by Gasteiger charge is 2.43. The van der Waals surface area contributed by atoms with Gasteiger partial charge in [-0.25, -0.2) is 0 Å². The Labute approximate surface area is 137 Å². The first-order chi connectivity index (χ1) is 10.2. The summed E-state index contributed by atoms with van der Waals surface area (Å²) in [5, 5.41) is 4.34. The number of rotatable bonds is 5. The van der Waals surface area contributed by atoms with E-state index in [0.717, 1.165) is 23.3 Å². The topological polar surface area (TPSA) is 21.3 Å². The third kappa shape index (κ3) is 3.76. The maximum absolute atomic E-state index is 6.05. The number of hydrogen-bond donors (Lipinski definition) is 1. The van der Waals surface area contributed by atoms with Gasteiger partial charge < -0.3 is 10.1 Å². The van der Waals surface area contributed by atoms with Gasteiger partial charge >= 0.3 is 0 Å². The van der Waals surface area contributed by atoms with Crippen LogP contribution in [0.1, 0.15) is 32.1 Å². The van der Waals surface area contributed by atoms with Crippen LogP contribution in [-0.2, 0) is 4.74 Å². The molecule has 3 rings (SSSR count). The first kappa shape index (κ1) is 15.7. The number of ether oxygens (including phenoxy) is 1. The average Bonchev–Trinajstić information content (AvgIpc) is 2.48. The van der Waals surface area contributed by atoms with Crippen LogP contribution in [0.4, 0.5) is 0 Å². The lowest BCUT2D eigenvalue weighted by Crippen LogP contribution is -2.50. The summed E-state index contributed by atoms with van der Waals surface area (Å²) in [5.74, 6) is 1.85. The van der Waals surface area contributed by atoms with Gasteiger partial charge in [0.15, 0.2) is 0 Å². The van der Waals surface area contributed by atoms with Gasteiger partial charge in [-0.1, -0.05) is 11.6 Å². The van der Waals surface area contributed by atoms with Gasteiger partial charge in [-0.15, -0.1) is 11.8 Å². The molecule has 2 aliphatic rings. The van der Waals surface area contributed by atoms with Crippen LogP contribution in [-0.4, -0.2) is 31.1 Å². The number of hydrogen-bond acceptors (Lipinski definition) is 3. The Morgan fingerprint density at radius 3 is 2.76 bits per heavy atom. The van der Waals surface area contributed by atoms with E-state index >= 15 is 0 Å². The fourth-order valence-corrected chi connectivity index (χ4v) is 4.77. The largest absolute Gasteiger partial charge is 0.375 e. The summed E-state index contributed by atoms with van der Waals surface area (Å²) in [4.78, 5) is 1.30. The van der Waals surface area contributed by atoms with Gasteiger partial charge in [-0.3, -0.25) is 0 Å². The minimum Gasteiger partial charge on any atom is -0.375 e. The van der Waals surface area contributed by atoms with Crippen LogP contribution in [0.5, 0.6) is 0 Å². The van der Waals surface area contributed by atoms with E-state index < -0.39 is 0 Å². The fraction of sp³-hybridized carbons (Fsp3) is 0.647. The number of halogens is 1. The molecule has 0 amide bonds. The Kier molecular flexibility index (Phi) is 5.15. The number of thioether (sulfide) groups is 1. The second-order valence-corrected chi connectivity index (χ2v) is 7.83. The molecule has 1 aliphatic heterocycles. The monoisotopic (exact) mass is 325 g/mol. The van der Waals surface area contributed by atoms with E-state index in [-0.39, 0.29) is 5.60 Å². The van der Waals surface area contributed by atoms with Gasteiger partial charge in [-0.05, 0) is 69.3 Å². The molecule has 1 spiro atoms. The molecular formula is C17H24ClNOS. The maximum atomic E-state index is 6.05. The van der Waals surface area contributed by atoms with E-state index in [1.807, 2.05) is 23.9 Å². The first-order valence-electron chi connectivity index (χ1n) is 7.90. The van der Waals surface area contributed by atoms with Crippen molar-refractivity contribution >= 4 is 23.4 Å². The van der Waals surface area contributed by atoms with Gasteiger partial charge in [0.25, 0.3) is 0 Å². The fourth-order valence-electron chi connectivity index (χ4n) is 3.50. The predicted molar refractivity (Wildman–Crippen MR) is 90.3 cm³/mol. The molecule has 1 aromatic carbocycles. The third-order valence-corrected chi connectivity index (χ3v) is 6.36. The molecule has 1 aromatic rings. The molecule has 1 saturated heterocycles. The second kappa shape index (κ2) is 6.91. The van der Waals surface area contributed by atoms with E-state index in [2.05, 4.69) is 24.5 Å². The van der Waals surface area contributed by atoms with Crippen LogP contribution in [0.2, 0.25) is 5.02 Å². The zero-order chi connectivity index (χ0) is 14.7. The zero-order valence-corrected chi connectivity index (χ0v) is 14.2. The Morgan fingerprint density at radius 1 is 1.38 bits per heavy atom. The van der Waals surface area contributed by atoms with E-state index in [9.17, 15) is 0 Å². The SMILES string of the molecule is CNC(CSc1ccc(Cl)cc1)C1CCOC2(CCC2)C1. The molecule has 116 valence electrons. The molecule has 1 aliphatic carbocycles. The van der Waals surface area contributed by atoms with Crippen molar-refractivity contribution in [3.8, 4) is 0 Å². The predicted octanol–water partition coefficient (Wildman–Crippen LogP) is 4.37. The molecule has 1 heterocycles. The molecule has 2 fully saturated rings. The van der Waals surface area contributed by atoms with Crippen molar-refractivity contribution in [2.45, 2.75) is 48.6 Å². The van der Waals surface area contributed by atoms with Crippen LogP contribution in [0.3, 0.4) is 0 Å². The Hall–Kier alpha value is -0.220. The molecule has 1 saturated carbocycles. The van der Waals surface area contributed by atoms with E-state index in [4.69, 9.17) is 16.3 Å². The van der Waals surface area contributed by atoms with Gasteiger partial charge in [-0.2, -0.15) is 0 Å². The summed E-state index contributed by atoms with van der Waals surface area (Å²) in [6.07, 6.45) is 6.30. The Morgan fingerprint density at radius 2 is 2.14 bits per heavy atom. The van der Waals surface area contributed by atoms with Gasteiger partial charge in [0.2, 0.25) is 0 Å². The summed E-state index contributed by atoms with van der Waals surface area (Å²) in [7, 11) is 2.09. The molecule has 2 nitrogen and oxygen atoms in total. The molecule has 1 N–H and O–H groups in total. The van der Waals surface area contributed by atoms with Gasteiger partial charge in [0.1, 0.15) is 0 Å². The lowest BCUT2D eigenvalue weighted by atomic mass is 9.70. The van der Waals surface area contributed by atoms with Crippen molar-refractivity contribution in [1.82, 2.24) is 5.32 Å². The summed E-state index contributed by atoms with van der Waals surface area (Å²) < 4.78 is 6.05. The van der Waals surface area contributed by atoms with E-state index in [0.29, 0.717) is 6.04 Å². The zero-order valence-electron chi connectivity index (χ0n) is 12.6. The van der Waals surface area contributed by atoms with Crippen LogP contribution < -0.4 is 5.32 Å². The molecule has 2 atom stereocenters. The minimum atomic E-state index is 0.239. The maximum Gasteiger partial charge on any atom is 0.0685 e.